The molecule has 1 heterocycles. The molecule has 1 atom stereocenters. The van der Waals surface area contributed by atoms with Gasteiger partial charge < -0.3 is 0 Å². The highest BCUT2D eigenvalue weighted by atomic mass is 19.4. The maximum Gasteiger partial charge on any atom is 0.416 e. The fraction of sp³-hybridized carbons (Fsp3) is 0.500. The van der Waals surface area contributed by atoms with E-state index in [-0.39, 0.29) is 12.6 Å². The third-order valence-electron chi connectivity index (χ3n) is 6.17. The fourth-order valence-corrected chi connectivity index (χ4v) is 4.49. The highest BCUT2D eigenvalue weighted by Gasteiger charge is 2.39. The molecule has 0 N–H and O–H groups in total. The van der Waals surface area contributed by atoms with Crippen molar-refractivity contribution in [2.24, 2.45) is 5.92 Å². The van der Waals surface area contributed by atoms with Gasteiger partial charge in [0.05, 0.1) is 5.56 Å². The van der Waals surface area contributed by atoms with Gasteiger partial charge in [-0.3, -0.25) is 4.58 Å². The molecule has 0 aromatic heterocycles. The van der Waals surface area contributed by atoms with Crippen molar-refractivity contribution in [2.45, 2.75) is 72.1 Å². The van der Waals surface area contributed by atoms with Gasteiger partial charge in [0.25, 0.3) is 0 Å². The van der Waals surface area contributed by atoms with Crippen molar-refractivity contribution in [3.63, 3.8) is 0 Å². The molecule has 0 saturated heterocycles. The van der Waals surface area contributed by atoms with Crippen molar-refractivity contribution in [3.05, 3.63) is 64.7 Å². The van der Waals surface area contributed by atoms with Crippen LogP contribution in [0.4, 0.5) is 18.9 Å². The van der Waals surface area contributed by atoms with Gasteiger partial charge in [-0.2, -0.15) is 13.2 Å². The summed E-state index contributed by atoms with van der Waals surface area (Å²) in [5.74, 6) is 1.03. The second-order valence-corrected chi connectivity index (χ2v) is 9.50. The third-order valence-corrected chi connectivity index (χ3v) is 6.17. The molecule has 1 aliphatic heterocycles. The Morgan fingerprint density at radius 3 is 2.00 bits per heavy atom. The van der Waals surface area contributed by atoms with E-state index in [0.717, 1.165) is 6.54 Å². The van der Waals surface area contributed by atoms with Crippen LogP contribution < -0.4 is 4.90 Å². The molecule has 168 valence electrons. The van der Waals surface area contributed by atoms with Gasteiger partial charge in [0.15, 0.2) is 0 Å². The molecule has 0 radical (unpaired) electrons. The van der Waals surface area contributed by atoms with Crippen molar-refractivity contribution in [2.75, 3.05) is 11.4 Å². The summed E-state index contributed by atoms with van der Waals surface area (Å²) in [4.78, 5) is 2.27. The number of halogens is 3. The SMILES string of the molecule is CC(C)c1cccc(C(C)C)c1N1C=[N+](Cc2ccccc2C(F)(F)F)[C@@H](C(C)C)C1. The molecule has 0 unspecified atom stereocenters. The zero-order valence-electron chi connectivity index (χ0n) is 19.4. The van der Waals surface area contributed by atoms with Crippen LogP contribution in [0.1, 0.15) is 75.6 Å². The van der Waals surface area contributed by atoms with Crippen molar-refractivity contribution in [1.82, 2.24) is 0 Å². The lowest BCUT2D eigenvalue weighted by atomic mass is 9.91. The smallest absolute Gasteiger partial charge is 0.257 e. The fourth-order valence-electron chi connectivity index (χ4n) is 4.49. The Kier molecular flexibility index (Phi) is 6.82. The first kappa shape index (κ1) is 23.4. The van der Waals surface area contributed by atoms with Gasteiger partial charge in [-0.1, -0.05) is 77.9 Å². The zero-order valence-corrected chi connectivity index (χ0v) is 19.4. The van der Waals surface area contributed by atoms with Crippen LogP contribution in [0.15, 0.2) is 42.5 Å². The minimum absolute atomic E-state index is 0.140. The largest absolute Gasteiger partial charge is 0.416 e. The van der Waals surface area contributed by atoms with Gasteiger partial charge in [0.1, 0.15) is 24.8 Å². The van der Waals surface area contributed by atoms with Crippen LogP contribution in [0.25, 0.3) is 0 Å². The van der Waals surface area contributed by atoms with Gasteiger partial charge >= 0.3 is 6.18 Å². The Hall–Kier alpha value is -2.30. The number of benzene rings is 2. The lowest BCUT2D eigenvalue weighted by Crippen LogP contribution is -2.32. The Morgan fingerprint density at radius 2 is 1.48 bits per heavy atom. The molecule has 1 aliphatic rings. The van der Waals surface area contributed by atoms with Crippen LogP contribution >= 0.6 is 0 Å². The maximum atomic E-state index is 13.6. The zero-order chi connectivity index (χ0) is 22.9. The average Bonchev–Trinajstić information content (AvgIpc) is 3.10. The van der Waals surface area contributed by atoms with E-state index in [1.807, 2.05) is 6.34 Å². The summed E-state index contributed by atoms with van der Waals surface area (Å²) < 4.78 is 42.8. The highest BCUT2D eigenvalue weighted by molar-refractivity contribution is 5.82. The topological polar surface area (TPSA) is 6.25 Å². The maximum absolute atomic E-state index is 13.6. The van der Waals surface area contributed by atoms with E-state index in [1.54, 1.807) is 12.1 Å². The number of nitrogens with zero attached hydrogens (tertiary/aromatic N) is 2. The van der Waals surface area contributed by atoms with E-state index in [4.69, 9.17) is 0 Å². The highest BCUT2D eigenvalue weighted by Crippen LogP contribution is 2.37. The summed E-state index contributed by atoms with van der Waals surface area (Å²) in [7, 11) is 0. The number of rotatable bonds is 6. The molecule has 2 nitrogen and oxygen atoms in total. The molecule has 2 aromatic rings. The van der Waals surface area contributed by atoms with E-state index in [2.05, 4.69) is 69.2 Å². The molecule has 31 heavy (non-hydrogen) atoms. The van der Waals surface area contributed by atoms with Crippen LogP contribution in [0.2, 0.25) is 0 Å². The Labute approximate surface area is 184 Å². The summed E-state index contributed by atoms with van der Waals surface area (Å²) in [6.07, 6.45) is -2.30. The van der Waals surface area contributed by atoms with Crippen LogP contribution in [0.3, 0.4) is 0 Å². The molecule has 0 amide bonds. The molecule has 0 bridgehead atoms. The summed E-state index contributed by atoms with van der Waals surface area (Å²) in [5, 5.41) is 0. The molecule has 0 saturated carbocycles. The number of alkyl halides is 3. The average molecular weight is 432 g/mol. The third kappa shape index (κ3) is 4.97. The van der Waals surface area contributed by atoms with Crippen LogP contribution in [-0.4, -0.2) is 23.5 Å². The molecular weight excluding hydrogens is 397 g/mol. The van der Waals surface area contributed by atoms with Gasteiger partial charge in [-0.05, 0) is 23.8 Å². The quantitative estimate of drug-likeness (QED) is 0.445. The lowest BCUT2D eigenvalue weighted by Gasteiger charge is -2.22. The van der Waals surface area contributed by atoms with Crippen molar-refractivity contribution in [3.8, 4) is 0 Å². The number of hydrogen-bond donors (Lipinski definition) is 0. The van der Waals surface area contributed by atoms with Gasteiger partial charge in [0.2, 0.25) is 6.34 Å². The first-order valence-corrected chi connectivity index (χ1v) is 11.2. The standard InChI is InChI=1S/C26H34F3N2/c1-17(2)21-11-9-12-22(18(3)4)25(21)31-15-24(19(5)6)30(16-31)14-20-10-7-8-13-23(20)26(27,28)29/h7-13,16-19,24H,14-15H2,1-6H3/q+1/t24-/m1/s1. The summed E-state index contributed by atoms with van der Waals surface area (Å²) in [6, 6.07) is 12.5. The predicted molar refractivity (Wildman–Crippen MR) is 122 cm³/mol. The van der Waals surface area contributed by atoms with Gasteiger partial charge in [-0.25, -0.2) is 4.90 Å². The molecule has 0 spiro atoms. The molecule has 2 aromatic carbocycles. The molecule has 0 fully saturated rings. The van der Waals surface area contributed by atoms with E-state index in [9.17, 15) is 13.2 Å². The second-order valence-electron chi connectivity index (χ2n) is 9.50. The Bertz CT molecular complexity index is 916. The first-order valence-electron chi connectivity index (χ1n) is 11.2. The van der Waals surface area contributed by atoms with Crippen molar-refractivity contribution in [1.29, 1.82) is 0 Å². The second kappa shape index (κ2) is 9.05. The molecular formula is C26H34F3N2+. The van der Waals surface area contributed by atoms with E-state index >= 15 is 0 Å². The normalized spacial score (nSPS) is 17.2. The molecule has 0 aliphatic carbocycles. The summed E-state index contributed by atoms with van der Waals surface area (Å²) in [5.41, 5.74) is 3.55. The minimum Gasteiger partial charge on any atom is -0.257 e. The van der Waals surface area contributed by atoms with Crippen LogP contribution in [0, 0.1) is 5.92 Å². The van der Waals surface area contributed by atoms with E-state index < -0.39 is 11.7 Å². The number of para-hydroxylation sites is 1. The molecule has 3 rings (SSSR count). The Balaban J connectivity index is 2.06. The summed E-state index contributed by atoms with van der Waals surface area (Å²) in [6.45, 7) is 14.1. The van der Waals surface area contributed by atoms with Crippen molar-refractivity contribution < 1.29 is 17.7 Å². The van der Waals surface area contributed by atoms with Crippen LogP contribution in [-0.2, 0) is 12.7 Å². The van der Waals surface area contributed by atoms with Gasteiger partial charge in [-0.15, -0.1) is 0 Å². The van der Waals surface area contributed by atoms with E-state index in [0.29, 0.717) is 23.3 Å². The molecule has 5 heteroatoms. The Morgan fingerprint density at radius 1 is 0.903 bits per heavy atom. The minimum atomic E-state index is -4.35. The monoisotopic (exact) mass is 431 g/mol. The lowest BCUT2D eigenvalue weighted by molar-refractivity contribution is -0.574. The first-order chi connectivity index (χ1) is 14.5. The van der Waals surface area contributed by atoms with E-state index in [1.165, 1.54) is 28.9 Å². The number of anilines is 1. The summed E-state index contributed by atoms with van der Waals surface area (Å²) >= 11 is 0. The predicted octanol–water partition coefficient (Wildman–Crippen LogP) is 7.04. The van der Waals surface area contributed by atoms with Gasteiger partial charge in [0, 0.05) is 16.7 Å². The number of hydrogen-bond acceptors (Lipinski definition) is 1. The van der Waals surface area contributed by atoms with Crippen LogP contribution in [0.5, 0.6) is 0 Å². The van der Waals surface area contributed by atoms with Crippen molar-refractivity contribution >= 4 is 12.0 Å².